The third kappa shape index (κ3) is 5.67. The number of ether oxygens (including phenoxy) is 2. The number of rotatable bonds is 8. The van der Waals surface area contributed by atoms with Gasteiger partial charge in [-0.15, -0.1) is 0 Å². The SMILES string of the molecule is C/C(CCc1ccc2c(c1)OCO2)=N\NC(=O)c1cccc(S(=O)(=O)Nc2ccccc2Cl)c1. The molecule has 0 saturated carbocycles. The molecule has 0 spiro atoms. The zero-order chi connectivity index (χ0) is 24.1. The number of carbonyl (C=O) groups is 1. The van der Waals surface area contributed by atoms with E-state index < -0.39 is 15.9 Å². The molecule has 8 nitrogen and oxygen atoms in total. The first-order valence-corrected chi connectivity index (χ1v) is 12.3. The number of para-hydroxylation sites is 1. The monoisotopic (exact) mass is 499 g/mol. The molecule has 10 heteroatoms. The highest BCUT2D eigenvalue weighted by atomic mass is 35.5. The molecule has 0 radical (unpaired) electrons. The van der Waals surface area contributed by atoms with Crippen molar-refractivity contribution in [3.05, 3.63) is 82.9 Å². The van der Waals surface area contributed by atoms with Crippen molar-refractivity contribution in [2.45, 2.75) is 24.7 Å². The predicted octanol–water partition coefficient (Wildman–Crippen LogP) is 4.61. The Balaban J connectivity index is 1.38. The van der Waals surface area contributed by atoms with E-state index in [-0.39, 0.29) is 28.0 Å². The van der Waals surface area contributed by atoms with Crippen LogP contribution < -0.4 is 19.6 Å². The Kier molecular flexibility index (Phi) is 7.04. The lowest BCUT2D eigenvalue weighted by molar-refractivity contribution is 0.0954. The fourth-order valence-electron chi connectivity index (χ4n) is 3.24. The summed E-state index contributed by atoms with van der Waals surface area (Å²) in [7, 11) is -3.94. The number of carbonyl (C=O) groups excluding carboxylic acids is 1. The van der Waals surface area contributed by atoms with Crippen LogP contribution in [0.25, 0.3) is 0 Å². The van der Waals surface area contributed by atoms with Crippen molar-refractivity contribution < 1.29 is 22.7 Å². The predicted molar refractivity (Wildman–Crippen MR) is 130 cm³/mol. The van der Waals surface area contributed by atoms with Crippen LogP contribution >= 0.6 is 11.6 Å². The van der Waals surface area contributed by atoms with Crippen molar-refractivity contribution in [1.29, 1.82) is 0 Å². The lowest BCUT2D eigenvalue weighted by atomic mass is 10.1. The molecule has 1 aliphatic rings. The summed E-state index contributed by atoms with van der Waals surface area (Å²) in [5.41, 5.74) is 4.68. The maximum Gasteiger partial charge on any atom is 0.271 e. The number of anilines is 1. The van der Waals surface area contributed by atoms with Crippen molar-refractivity contribution >= 4 is 38.9 Å². The van der Waals surface area contributed by atoms with Gasteiger partial charge >= 0.3 is 0 Å². The van der Waals surface area contributed by atoms with E-state index in [0.29, 0.717) is 12.8 Å². The number of aryl methyl sites for hydroxylation is 1. The lowest BCUT2D eigenvalue weighted by Crippen LogP contribution is -2.20. The number of benzene rings is 3. The lowest BCUT2D eigenvalue weighted by Gasteiger charge is -2.10. The van der Waals surface area contributed by atoms with E-state index in [4.69, 9.17) is 21.1 Å². The number of halogens is 1. The second-order valence-electron chi connectivity index (χ2n) is 7.59. The molecule has 34 heavy (non-hydrogen) atoms. The van der Waals surface area contributed by atoms with E-state index in [1.807, 2.05) is 25.1 Å². The standard InChI is InChI=1S/C24H22ClN3O5S/c1-16(9-10-17-11-12-22-23(13-17)33-15-32-22)26-27-24(29)18-5-4-6-19(14-18)34(30,31)28-21-8-3-2-7-20(21)25/h2-8,11-14,28H,9-10,15H2,1H3,(H,27,29)/b26-16+. The number of hydrazone groups is 1. The summed E-state index contributed by atoms with van der Waals surface area (Å²) in [5.74, 6) is 0.934. The summed E-state index contributed by atoms with van der Waals surface area (Å²) in [5, 5.41) is 4.41. The number of hydrogen-bond acceptors (Lipinski definition) is 6. The molecule has 0 atom stereocenters. The number of sulfonamides is 1. The Morgan fingerprint density at radius 1 is 1.03 bits per heavy atom. The third-order valence-corrected chi connectivity index (χ3v) is 6.78. The zero-order valence-electron chi connectivity index (χ0n) is 18.2. The van der Waals surface area contributed by atoms with Crippen molar-refractivity contribution in [3.8, 4) is 11.5 Å². The van der Waals surface area contributed by atoms with Crippen LogP contribution in [0.1, 0.15) is 29.3 Å². The number of nitrogens with zero attached hydrogens (tertiary/aromatic N) is 1. The van der Waals surface area contributed by atoms with E-state index in [1.54, 1.807) is 24.3 Å². The van der Waals surface area contributed by atoms with Crippen LogP contribution in [0.4, 0.5) is 5.69 Å². The molecule has 0 fully saturated rings. The van der Waals surface area contributed by atoms with E-state index in [0.717, 1.165) is 22.8 Å². The van der Waals surface area contributed by atoms with Crippen LogP contribution in [0.5, 0.6) is 11.5 Å². The highest BCUT2D eigenvalue weighted by molar-refractivity contribution is 7.92. The molecule has 1 amide bonds. The minimum absolute atomic E-state index is 0.0661. The van der Waals surface area contributed by atoms with Gasteiger partial charge in [0.1, 0.15) is 0 Å². The molecule has 4 rings (SSSR count). The number of hydrogen-bond donors (Lipinski definition) is 2. The smallest absolute Gasteiger partial charge is 0.271 e. The summed E-state index contributed by atoms with van der Waals surface area (Å²) in [4.78, 5) is 12.5. The van der Waals surface area contributed by atoms with Gasteiger partial charge in [-0.05, 0) is 67.8 Å². The van der Waals surface area contributed by atoms with Gasteiger partial charge in [0, 0.05) is 11.3 Å². The van der Waals surface area contributed by atoms with Crippen LogP contribution in [0.2, 0.25) is 5.02 Å². The fraction of sp³-hybridized carbons (Fsp3) is 0.167. The maximum atomic E-state index is 12.7. The van der Waals surface area contributed by atoms with Gasteiger partial charge in [-0.25, -0.2) is 13.8 Å². The van der Waals surface area contributed by atoms with Gasteiger partial charge in [0.05, 0.1) is 15.6 Å². The molecule has 0 saturated heterocycles. The molecule has 2 N–H and O–H groups in total. The van der Waals surface area contributed by atoms with Crippen LogP contribution in [0.3, 0.4) is 0 Å². The van der Waals surface area contributed by atoms with Crippen LogP contribution in [0, 0.1) is 0 Å². The van der Waals surface area contributed by atoms with Gasteiger partial charge in [-0.1, -0.05) is 35.9 Å². The van der Waals surface area contributed by atoms with Crippen LogP contribution in [-0.2, 0) is 16.4 Å². The average Bonchev–Trinajstić information content (AvgIpc) is 3.30. The minimum Gasteiger partial charge on any atom is -0.454 e. The van der Waals surface area contributed by atoms with Gasteiger partial charge in [-0.2, -0.15) is 5.10 Å². The fourth-order valence-corrected chi connectivity index (χ4v) is 4.60. The van der Waals surface area contributed by atoms with E-state index in [9.17, 15) is 13.2 Å². The molecule has 0 aromatic heterocycles. The van der Waals surface area contributed by atoms with Crippen molar-refractivity contribution in [3.63, 3.8) is 0 Å². The summed E-state index contributed by atoms with van der Waals surface area (Å²) in [6, 6.07) is 17.9. The summed E-state index contributed by atoms with van der Waals surface area (Å²) in [6.45, 7) is 2.03. The van der Waals surface area contributed by atoms with Gasteiger partial charge < -0.3 is 9.47 Å². The average molecular weight is 500 g/mol. The number of fused-ring (bicyclic) bond motifs is 1. The molecule has 3 aromatic carbocycles. The van der Waals surface area contributed by atoms with Gasteiger partial charge in [0.15, 0.2) is 11.5 Å². The zero-order valence-corrected chi connectivity index (χ0v) is 19.8. The highest BCUT2D eigenvalue weighted by Gasteiger charge is 2.18. The van der Waals surface area contributed by atoms with E-state index >= 15 is 0 Å². The van der Waals surface area contributed by atoms with E-state index in [2.05, 4.69) is 15.2 Å². The van der Waals surface area contributed by atoms with E-state index in [1.165, 1.54) is 24.3 Å². The third-order valence-electron chi connectivity index (χ3n) is 5.09. The summed E-state index contributed by atoms with van der Waals surface area (Å²) >= 11 is 6.04. The normalized spacial score (nSPS) is 12.9. The molecule has 1 heterocycles. The van der Waals surface area contributed by atoms with Crippen LogP contribution in [-0.4, -0.2) is 26.8 Å². The second kappa shape index (κ2) is 10.1. The number of nitrogens with one attached hydrogen (secondary N) is 2. The van der Waals surface area contributed by atoms with Crippen molar-refractivity contribution in [2.75, 3.05) is 11.5 Å². The Morgan fingerprint density at radius 2 is 1.82 bits per heavy atom. The topological polar surface area (TPSA) is 106 Å². The largest absolute Gasteiger partial charge is 0.454 e. The van der Waals surface area contributed by atoms with Gasteiger partial charge in [0.2, 0.25) is 6.79 Å². The molecule has 3 aromatic rings. The summed E-state index contributed by atoms with van der Waals surface area (Å²) in [6.07, 6.45) is 1.33. The first kappa shape index (κ1) is 23.6. The Bertz CT molecular complexity index is 1360. The summed E-state index contributed by atoms with van der Waals surface area (Å²) < 4.78 is 38.6. The highest BCUT2D eigenvalue weighted by Crippen LogP contribution is 2.32. The quantitative estimate of drug-likeness (QED) is 0.348. The molecular formula is C24H22ClN3O5S. The molecule has 0 aliphatic carbocycles. The molecule has 0 unspecified atom stereocenters. The first-order valence-electron chi connectivity index (χ1n) is 10.4. The van der Waals surface area contributed by atoms with Crippen LogP contribution in [0.15, 0.2) is 76.7 Å². The second-order valence-corrected chi connectivity index (χ2v) is 9.68. The Labute approximate surface area is 202 Å². The molecule has 176 valence electrons. The van der Waals surface area contributed by atoms with Crippen molar-refractivity contribution in [1.82, 2.24) is 5.43 Å². The Hall–Kier alpha value is -3.56. The minimum atomic E-state index is -3.94. The van der Waals surface area contributed by atoms with Gasteiger partial charge in [0.25, 0.3) is 15.9 Å². The van der Waals surface area contributed by atoms with Gasteiger partial charge in [-0.3, -0.25) is 9.52 Å². The van der Waals surface area contributed by atoms with Crippen molar-refractivity contribution in [2.24, 2.45) is 5.10 Å². The Morgan fingerprint density at radius 3 is 2.65 bits per heavy atom. The molecule has 0 bridgehead atoms. The maximum absolute atomic E-state index is 12.7. The molecule has 1 aliphatic heterocycles. The molecular weight excluding hydrogens is 478 g/mol. The first-order chi connectivity index (χ1) is 16.3. The number of amides is 1.